The van der Waals surface area contributed by atoms with Crippen LogP contribution in [0.25, 0.3) is 0 Å². The summed E-state index contributed by atoms with van der Waals surface area (Å²) >= 11 is 5.76. The van der Waals surface area contributed by atoms with Crippen LogP contribution in [0, 0.1) is 0 Å². The number of methoxy groups -OCH3 is 1. The molecule has 0 unspecified atom stereocenters. The smallest absolute Gasteiger partial charge is 0.323 e. The lowest BCUT2D eigenvalue weighted by Gasteiger charge is -2.05. The third kappa shape index (κ3) is 3.97. The molecule has 0 bridgehead atoms. The van der Waals surface area contributed by atoms with Crippen LogP contribution in [0.1, 0.15) is 0 Å². The molecule has 1 aromatic carbocycles. The van der Waals surface area contributed by atoms with Gasteiger partial charge in [-0.1, -0.05) is 11.6 Å². The number of halogens is 1. The van der Waals surface area contributed by atoms with Crippen LogP contribution in [0.4, 0.5) is 16.2 Å². The van der Waals surface area contributed by atoms with Crippen LogP contribution >= 0.6 is 11.6 Å². The average Bonchev–Trinajstić information content (AvgIpc) is 2.80. The molecule has 0 aliphatic heterocycles. The molecule has 7 heteroatoms. The topological polar surface area (TPSA) is 68.2 Å². The molecule has 0 aliphatic carbocycles. The standard InChI is InChI=1S/C12H13ClN4O2/c1-19-8-17-7-11(6-14-17)16-12(18)15-10-4-2-9(13)3-5-10/h2-7H,8H2,1H3,(H2,15,16,18). The molecule has 0 atom stereocenters. The summed E-state index contributed by atoms with van der Waals surface area (Å²) in [5.74, 6) is 0. The van der Waals surface area contributed by atoms with E-state index in [4.69, 9.17) is 16.3 Å². The maximum Gasteiger partial charge on any atom is 0.323 e. The van der Waals surface area contributed by atoms with E-state index >= 15 is 0 Å². The van der Waals surface area contributed by atoms with Gasteiger partial charge in [-0.15, -0.1) is 0 Å². The number of anilines is 2. The zero-order valence-electron chi connectivity index (χ0n) is 10.3. The largest absolute Gasteiger partial charge is 0.362 e. The van der Waals surface area contributed by atoms with Gasteiger partial charge in [0.25, 0.3) is 0 Å². The highest BCUT2D eigenvalue weighted by Crippen LogP contribution is 2.14. The quantitative estimate of drug-likeness (QED) is 0.905. The Bertz CT molecular complexity index is 553. The van der Waals surface area contributed by atoms with Crippen LogP contribution in [0.15, 0.2) is 36.7 Å². The van der Waals surface area contributed by atoms with Gasteiger partial charge in [-0.25, -0.2) is 9.48 Å². The van der Waals surface area contributed by atoms with Crippen molar-refractivity contribution in [3.8, 4) is 0 Å². The van der Waals surface area contributed by atoms with Crippen molar-refractivity contribution in [2.75, 3.05) is 17.7 Å². The van der Waals surface area contributed by atoms with Crippen molar-refractivity contribution in [1.82, 2.24) is 9.78 Å². The van der Waals surface area contributed by atoms with Gasteiger partial charge >= 0.3 is 6.03 Å². The minimum absolute atomic E-state index is 0.334. The Morgan fingerprint density at radius 3 is 2.68 bits per heavy atom. The SMILES string of the molecule is COCn1cc(NC(=O)Nc2ccc(Cl)cc2)cn1. The minimum atomic E-state index is -0.348. The van der Waals surface area contributed by atoms with Gasteiger partial charge in [0.1, 0.15) is 6.73 Å². The summed E-state index contributed by atoms with van der Waals surface area (Å²) in [6, 6.07) is 6.49. The molecule has 0 radical (unpaired) electrons. The normalized spacial score (nSPS) is 10.2. The highest BCUT2D eigenvalue weighted by Gasteiger charge is 2.04. The number of carbonyl (C=O) groups excluding carboxylic acids is 1. The second-order valence-electron chi connectivity index (χ2n) is 3.77. The van der Waals surface area contributed by atoms with E-state index in [0.717, 1.165) is 0 Å². The number of carbonyl (C=O) groups is 1. The molecular weight excluding hydrogens is 268 g/mol. The Kier molecular flexibility index (Phi) is 4.38. The van der Waals surface area contributed by atoms with Crippen molar-refractivity contribution in [2.24, 2.45) is 0 Å². The molecule has 2 aromatic rings. The van der Waals surface area contributed by atoms with Crippen LogP contribution in [0.2, 0.25) is 5.02 Å². The van der Waals surface area contributed by atoms with Crippen LogP contribution in [-0.4, -0.2) is 22.9 Å². The Labute approximate surface area is 115 Å². The first kappa shape index (κ1) is 13.4. The molecule has 0 saturated heterocycles. The number of benzene rings is 1. The van der Waals surface area contributed by atoms with Crippen molar-refractivity contribution >= 4 is 29.0 Å². The van der Waals surface area contributed by atoms with Gasteiger partial charge in [-0.2, -0.15) is 5.10 Å². The van der Waals surface area contributed by atoms with Crippen molar-refractivity contribution in [1.29, 1.82) is 0 Å². The van der Waals surface area contributed by atoms with Gasteiger partial charge in [-0.3, -0.25) is 0 Å². The molecule has 1 aromatic heterocycles. The van der Waals surface area contributed by atoms with E-state index in [-0.39, 0.29) is 6.03 Å². The molecular formula is C12H13ClN4O2. The third-order valence-electron chi connectivity index (χ3n) is 2.25. The number of amides is 2. The lowest BCUT2D eigenvalue weighted by Crippen LogP contribution is -2.19. The van der Waals surface area contributed by atoms with Gasteiger partial charge in [0, 0.05) is 17.8 Å². The fourth-order valence-electron chi connectivity index (χ4n) is 1.46. The first-order valence-electron chi connectivity index (χ1n) is 5.52. The third-order valence-corrected chi connectivity index (χ3v) is 2.51. The summed E-state index contributed by atoms with van der Waals surface area (Å²) in [6.45, 7) is 0.334. The molecule has 0 fully saturated rings. The van der Waals surface area contributed by atoms with E-state index < -0.39 is 0 Å². The van der Waals surface area contributed by atoms with Crippen LogP contribution in [-0.2, 0) is 11.5 Å². The number of hydrogen-bond acceptors (Lipinski definition) is 3. The maximum atomic E-state index is 11.7. The zero-order chi connectivity index (χ0) is 13.7. The second kappa shape index (κ2) is 6.21. The van der Waals surface area contributed by atoms with Crippen molar-refractivity contribution in [3.63, 3.8) is 0 Å². The monoisotopic (exact) mass is 280 g/mol. The lowest BCUT2D eigenvalue weighted by molar-refractivity contribution is 0.120. The minimum Gasteiger partial charge on any atom is -0.362 e. The lowest BCUT2D eigenvalue weighted by atomic mass is 10.3. The van der Waals surface area contributed by atoms with Crippen LogP contribution in [0.5, 0.6) is 0 Å². The number of aromatic nitrogens is 2. The number of ether oxygens (including phenoxy) is 1. The predicted octanol–water partition coefficient (Wildman–Crippen LogP) is 2.78. The highest BCUT2D eigenvalue weighted by atomic mass is 35.5. The molecule has 0 saturated carbocycles. The summed E-state index contributed by atoms with van der Waals surface area (Å²) in [5.41, 5.74) is 1.25. The predicted molar refractivity (Wildman–Crippen MR) is 73.3 cm³/mol. The molecule has 1 heterocycles. The Hall–Kier alpha value is -2.05. The molecule has 2 amide bonds. The van der Waals surface area contributed by atoms with Crippen molar-refractivity contribution in [3.05, 3.63) is 41.7 Å². The molecule has 100 valence electrons. The van der Waals surface area contributed by atoms with E-state index in [9.17, 15) is 4.79 Å². The molecule has 2 N–H and O–H groups in total. The second-order valence-corrected chi connectivity index (χ2v) is 4.21. The van der Waals surface area contributed by atoms with Crippen LogP contribution < -0.4 is 10.6 Å². The highest BCUT2D eigenvalue weighted by molar-refractivity contribution is 6.30. The van der Waals surface area contributed by atoms with Crippen LogP contribution in [0.3, 0.4) is 0 Å². The van der Waals surface area contributed by atoms with E-state index in [2.05, 4.69) is 15.7 Å². The van der Waals surface area contributed by atoms with Gasteiger partial charge in [0.15, 0.2) is 0 Å². The molecule has 6 nitrogen and oxygen atoms in total. The molecule has 2 rings (SSSR count). The molecule has 0 spiro atoms. The van der Waals surface area contributed by atoms with E-state index in [0.29, 0.717) is 23.1 Å². The van der Waals surface area contributed by atoms with Crippen molar-refractivity contribution < 1.29 is 9.53 Å². The summed E-state index contributed by atoms with van der Waals surface area (Å²) < 4.78 is 6.48. The number of nitrogens with one attached hydrogen (secondary N) is 2. The number of urea groups is 1. The fourth-order valence-corrected chi connectivity index (χ4v) is 1.58. The summed E-state index contributed by atoms with van der Waals surface area (Å²) in [5, 5.41) is 9.97. The van der Waals surface area contributed by atoms with Crippen molar-refractivity contribution in [2.45, 2.75) is 6.73 Å². The van der Waals surface area contributed by atoms with Gasteiger partial charge in [-0.05, 0) is 24.3 Å². The maximum absolute atomic E-state index is 11.7. The van der Waals surface area contributed by atoms with E-state index in [1.54, 1.807) is 48.5 Å². The summed E-state index contributed by atoms with van der Waals surface area (Å²) in [6.07, 6.45) is 3.21. The van der Waals surface area contributed by atoms with E-state index in [1.165, 1.54) is 0 Å². The Morgan fingerprint density at radius 1 is 1.32 bits per heavy atom. The van der Waals surface area contributed by atoms with Gasteiger partial charge in [0.05, 0.1) is 18.1 Å². The number of nitrogens with zero attached hydrogens (tertiary/aromatic N) is 2. The number of hydrogen-bond donors (Lipinski definition) is 2. The summed E-state index contributed by atoms with van der Waals surface area (Å²) in [7, 11) is 1.57. The Balaban J connectivity index is 1.91. The Morgan fingerprint density at radius 2 is 2.00 bits per heavy atom. The number of rotatable bonds is 4. The van der Waals surface area contributed by atoms with Gasteiger partial charge < -0.3 is 15.4 Å². The average molecular weight is 281 g/mol. The van der Waals surface area contributed by atoms with Gasteiger partial charge in [0.2, 0.25) is 0 Å². The first-order valence-corrected chi connectivity index (χ1v) is 5.90. The molecule has 19 heavy (non-hydrogen) atoms. The zero-order valence-corrected chi connectivity index (χ0v) is 11.0. The summed E-state index contributed by atoms with van der Waals surface area (Å²) in [4.78, 5) is 11.7. The molecule has 0 aliphatic rings. The van der Waals surface area contributed by atoms with E-state index in [1.807, 2.05) is 0 Å². The first-order chi connectivity index (χ1) is 9.17. The fraction of sp³-hybridized carbons (Fsp3) is 0.167.